The molecule has 130 valence electrons. The average molecular weight is 364 g/mol. The summed E-state index contributed by atoms with van der Waals surface area (Å²) in [6.07, 6.45) is 2.66. The summed E-state index contributed by atoms with van der Waals surface area (Å²) in [5.74, 6) is 0.700. The molecule has 0 aliphatic heterocycles. The standard InChI is InChI=1S/C20H18ClN5/c1-14(12-15-8-4-2-5-9-15)23-18-17-13-22-26(16-10-6-3-7-11-16)19(17)25-20(21)24-18/h2-11,13-14H,12H2,1H3,(H,23,24,25). The second kappa shape index (κ2) is 7.14. The van der Waals surface area contributed by atoms with Gasteiger partial charge >= 0.3 is 0 Å². The predicted molar refractivity (Wildman–Crippen MR) is 105 cm³/mol. The molecule has 2 aromatic carbocycles. The molecule has 6 heteroatoms. The van der Waals surface area contributed by atoms with Crippen LogP contribution in [0, 0.1) is 0 Å². The first-order valence-electron chi connectivity index (χ1n) is 8.48. The van der Waals surface area contributed by atoms with Crippen molar-refractivity contribution in [2.24, 2.45) is 0 Å². The third-order valence-electron chi connectivity index (χ3n) is 4.17. The smallest absolute Gasteiger partial charge is 0.226 e. The van der Waals surface area contributed by atoms with Crippen molar-refractivity contribution in [1.82, 2.24) is 19.7 Å². The monoisotopic (exact) mass is 363 g/mol. The zero-order valence-electron chi connectivity index (χ0n) is 14.3. The van der Waals surface area contributed by atoms with E-state index in [-0.39, 0.29) is 11.3 Å². The van der Waals surface area contributed by atoms with Crippen LogP contribution < -0.4 is 5.32 Å². The van der Waals surface area contributed by atoms with Gasteiger partial charge in [0.05, 0.1) is 17.3 Å². The number of aromatic nitrogens is 4. The van der Waals surface area contributed by atoms with E-state index in [1.165, 1.54) is 5.56 Å². The fourth-order valence-electron chi connectivity index (χ4n) is 3.00. The average Bonchev–Trinajstić information content (AvgIpc) is 3.07. The van der Waals surface area contributed by atoms with Crippen LogP contribution in [0.4, 0.5) is 5.82 Å². The lowest BCUT2D eigenvalue weighted by molar-refractivity contribution is 0.785. The summed E-state index contributed by atoms with van der Waals surface area (Å²) in [5.41, 5.74) is 2.88. The second-order valence-corrected chi connectivity index (χ2v) is 6.54. The van der Waals surface area contributed by atoms with E-state index < -0.39 is 0 Å². The van der Waals surface area contributed by atoms with Crippen LogP contribution in [0.25, 0.3) is 16.7 Å². The van der Waals surface area contributed by atoms with Gasteiger partial charge in [-0.25, -0.2) is 4.68 Å². The zero-order chi connectivity index (χ0) is 17.9. The van der Waals surface area contributed by atoms with Crippen LogP contribution in [0.5, 0.6) is 0 Å². The number of nitrogens with zero attached hydrogens (tertiary/aromatic N) is 4. The Hall–Kier alpha value is -2.92. The van der Waals surface area contributed by atoms with Crippen LogP contribution in [0.2, 0.25) is 5.28 Å². The van der Waals surface area contributed by atoms with E-state index >= 15 is 0 Å². The molecule has 2 aromatic heterocycles. The Balaban J connectivity index is 1.66. The van der Waals surface area contributed by atoms with Gasteiger partial charge in [-0.1, -0.05) is 48.5 Å². The number of hydrogen-bond donors (Lipinski definition) is 1. The molecule has 0 aliphatic carbocycles. The summed E-state index contributed by atoms with van der Waals surface area (Å²) in [7, 11) is 0. The van der Waals surface area contributed by atoms with Crippen molar-refractivity contribution < 1.29 is 0 Å². The van der Waals surface area contributed by atoms with E-state index in [4.69, 9.17) is 11.6 Å². The largest absolute Gasteiger partial charge is 0.367 e. The molecule has 0 spiro atoms. The van der Waals surface area contributed by atoms with E-state index in [9.17, 15) is 0 Å². The molecule has 0 fully saturated rings. The quantitative estimate of drug-likeness (QED) is 0.530. The molecular weight excluding hydrogens is 346 g/mol. The highest BCUT2D eigenvalue weighted by Gasteiger charge is 2.15. The lowest BCUT2D eigenvalue weighted by Crippen LogP contribution is -2.19. The molecule has 0 saturated carbocycles. The van der Waals surface area contributed by atoms with Gasteiger partial charge in [-0.3, -0.25) is 0 Å². The maximum atomic E-state index is 6.18. The predicted octanol–water partition coefficient (Wildman–Crippen LogP) is 4.51. The first-order chi connectivity index (χ1) is 12.7. The Morgan fingerprint density at radius 1 is 1.00 bits per heavy atom. The summed E-state index contributed by atoms with van der Waals surface area (Å²) in [6, 6.07) is 20.4. The fraction of sp³-hybridized carbons (Fsp3) is 0.150. The number of halogens is 1. The normalized spacial score (nSPS) is 12.2. The number of rotatable bonds is 5. The molecule has 0 saturated heterocycles. The SMILES string of the molecule is CC(Cc1ccccc1)Nc1nc(Cl)nc2c1cnn2-c1ccccc1. The Bertz CT molecular complexity index is 1010. The molecule has 0 bridgehead atoms. The van der Waals surface area contributed by atoms with E-state index in [1.54, 1.807) is 10.9 Å². The Morgan fingerprint density at radius 2 is 1.69 bits per heavy atom. The third-order valence-corrected chi connectivity index (χ3v) is 4.34. The van der Waals surface area contributed by atoms with Crippen molar-refractivity contribution in [2.75, 3.05) is 5.32 Å². The maximum Gasteiger partial charge on any atom is 0.226 e. The van der Waals surface area contributed by atoms with Gasteiger partial charge in [-0.05, 0) is 42.6 Å². The summed E-state index contributed by atoms with van der Waals surface area (Å²) in [4.78, 5) is 8.76. The van der Waals surface area contributed by atoms with Gasteiger partial charge in [-0.15, -0.1) is 0 Å². The number of nitrogens with one attached hydrogen (secondary N) is 1. The minimum atomic E-state index is 0.187. The molecule has 4 aromatic rings. The van der Waals surface area contributed by atoms with Crippen LogP contribution in [-0.2, 0) is 6.42 Å². The molecule has 2 heterocycles. The summed E-state index contributed by atoms with van der Waals surface area (Å²) >= 11 is 6.18. The van der Waals surface area contributed by atoms with Gasteiger partial charge in [-0.2, -0.15) is 15.1 Å². The molecule has 5 nitrogen and oxygen atoms in total. The lowest BCUT2D eigenvalue weighted by Gasteiger charge is -2.15. The number of anilines is 1. The van der Waals surface area contributed by atoms with Crippen LogP contribution in [0.3, 0.4) is 0 Å². The molecule has 26 heavy (non-hydrogen) atoms. The summed E-state index contributed by atoms with van der Waals surface area (Å²) < 4.78 is 1.77. The van der Waals surface area contributed by atoms with Crippen molar-refractivity contribution in [1.29, 1.82) is 0 Å². The second-order valence-electron chi connectivity index (χ2n) is 6.21. The van der Waals surface area contributed by atoms with Crippen molar-refractivity contribution in [3.8, 4) is 5.69 Å². The minimum absolute atomic E-state index is 0.187. The highest BCUT2D eigenvalue weighted by molar-refractivity contribution is 6.28. The van der Waals surface area contributed by atoms with Gasteiger partial charge in [0, 0.05) is 6.04 Å². The number of hydrogen-bond acceptors (Lipinski definition) is 4. The van der Waals surface area contributed by atoms with Crippen LogP contribution in [0.15, 0.2) is 66.9 Å². The zero-order valence-corrected chi connectivity index (χ0v) is 15.1. The molecule has 4 rings (SSSR count). The molecule has 1 atom stereocenters. The van der Waals surface area contributed by atoms with Crippen molar-refractivity contribution in [3.63, 3.8) is 0 Å². The first kappa shape index (κ1) is 16.5. The van der Waals surface area contributed by atoms with E-state index in [1.807, 2.05) is 48.5 Å². The summed E-state index contributed by atoms with van der Waals surface area (Å²) in [5, 5.41) is 8.97. The van der Waals surface area contributed by atoms with Gasteiger partial charge in [0.2, 0.25) is 5.28 Å². The third kappa shape index (κ3) is 3.39. The Morgan fingerprint density at radius 3 is 2.42 bits per heavy atom. The minimum Gasteiger partial charge on any atom is -0.367 e. The molecule has 1 N–H and O–H groups in total. The lowest BCUT2D eigenvalue weighted by atomic mass is 10.1. The molecular formula is C20H18ClN5. The topological polar surface area (TPSA) is 55.6 Å². The van der Waals surface area contributed by atoms with Crippen molar-refractivity contribution in [3.05, 3.63) is 77.7 Å². The van der Waals surface area contributed by atoms with Crippen LogP contribution in [-0.4, -0.2) is 25.8 Å². The highest BCUT2D eigenvalue weighted by Crippen LogP contribution is 2.25. The van der Waals surface area contributed by atoms with E-state index in [0.29, 0.717) is 11.5 Å². The van der Waals surface area contributed by atoms with E-state index in [2.05, 4.69) is 39.4 Å². The first-order valence-corrected chi connectivity index (χ1v) is 8.85. The summed E-state index contributed by atoms with van der Waals surface area (Å²) in [6.45, 7) is 2.12. The Labute approximate surface area is 156 Å². The number of benzene rings is 2. The fourth-order valence-corrected chi connectivity index (χ4v) is 3.17. The van der Waals surface area contributed by atoms with Gasteiger partial charge in [0.25, 0.3) is 0 Å². The number of fused-ring (bicyclic) bond motifs is 1. The molecule has 1 unspecified atom stereocenters. The highest BCUT2D eigenvalue weighted by atomic mass is 35.5. The van der Waals surface area contributed by atoms with Gasteiger partial charge in [0.1, 0.15) is 5.82 Å². The maximum absolute atomic E-state index is 6.18. The Kier molecular flexibility index (Phi) is 4.54. The van der Waals surface area contributed by atoms with Crippen LogP contribution >= 0.6 is 11.6 Å². The number of para-hydroxylation sites is 1. The van der Waals surface area contributed by atoms with Gasteiger partial charge in [0.15, 0.2) is 5.65 Å². The molecule has 0 amide bonds. The van der Waals surface area contributed by atoms with E-state index in [0.717, 1.165) is 17.5 Å². The molecule has 0 radical (unpaired) electrons. The van der Waals surface area contributed by atoms with Crippen molar-refractivity contribution in [2.45, 2.75) is 19.4 Å². The van der Waals surface area contributed by atoms with Crippen LogP contribution in [0.1, 0.15) is 12.5 Å². The van der Waals surface area contributed by atoms with Crippen molar-refractivity contribution >= 4 is 28.5 Å². The molecule has 0 aliphatic rings. The van der Waals surface area contributed by atoms with Gasteiger partial charge < -0.3 is 5.32 Å².